The van der Waals surface area contributed by atoms with Crippen molar-refractivity contribution in [2.75, 3.05) is 0 Å². The average Bonchev–Trinajstić information content (AvgIpc) is 2.18. The van der Waals surface area contributed by atoms with Gasteiger partial charge in [0, 0.05) is 6.07 Å². The molecule has 0 aliphatic rings. The Balaban J connectivity index is 3.34. The lowest BCUT2D eigenvalue weighted by atomic mass is 10.3. The highest BCUT2D eigenvalue weighted by Crippen LogP contribution is 2.44. The Labute approximate surface area is 83.9 Å². The molecule has 0 bridgehead atoms. The number of para-hydroxylation sites is 1. The van der Waals surface area contributed by atoms with Crippen LogP contribution in [0, 0.1) is 10.1 Å². The number of rotatable bonds is 3. The molecule has 0 saturated carbocycles. The molecule has 0 radical (unpaired) electrons. The second-order valence-electron chi connectivity index (χ2n) is 2.34. The summed E-state index contributed by atoms with van der Waals surface area (Å²) in [6.45, 7) is 0. The van der Waals surface area contributed by atoms with Crippen molar-refractivity contribution >= 4 is 30.5 Å². The van der Waals surface area contributed by atoms with E-state index in [2.05, 4.69) is 4.08 Å². The third-order valence-electron chi connectivity index (χ3n) is 1.48. The molecule has 14 heavy (non-hydrogen) atoms. The number of nitrogens with zero attached hydrogens (tertiary/aromatic N) is 1. The Bertz CT molecular complexity index is 409. The van der Waals surface area contributed by atoms with E-state index in [1.165, 1.54) is 12.1 Å². The van der Waals surface area contributed by atoms with Crippen molar-refractivity contribution in [3.8, 4) is 0 Å². The third-order valence-corrected chi connectivity index (χ3v) is 3.21. The van der Waals surface area contributed by atoms with Gasteiger partial charge in [-0.15, -0.1) is 0 Å². The SMILES string of the molecule is O=[N+]([O-])c1ccccc1P(=O)(O)OCl. The van der Waals surface area contributed by atoms with E-state index in [9.17, 15) is 14.7 Å². The average molecular weight is 238 g/mol. The van der Waals surface area contributed by atoms with Crippen LogP contribution in [0.5, 0.6) is 0 Å². The number of benzene rings is 1. The molecule has 76 valence electrons. The van der Waals surface area contributed by atoms with Crippen molar-refractivity contribution in [2.45, 2.75) is 0 Å². The highest BCUT2D eigenvalue weighted by Gasteiger charge is 2.31. The summed E-state index contributed by atoms with van der Waals surface area (Å²) in [5, 5.41) is 10.0. The van der Waals surface area contributed by atoms with E-state index in [0.29, 0.717) is 0 Å². The maximum absolute atomic E-state index is 11.2. The molecule has 0 aliphatic carbocycles. The summed E-state index contributed by atoms with van der Waals surface area (Å²) in [5.41, 5.74) is -0.501. The molecule has 1 N–H and O–H groups in total. The molecule has 1 aromatic rings. The van der Waals surface area contributed by atoms with E-state index in [1.54, 1.807) is 0 Å². The van der Waals surface area contributed by atoms with Gasteiger partial charge in [0.15, 0.2) is 0 Å². The minimum Gasteiger partial charge on any atom is -0.320 e. The van der Waals surface area contributed by atoms with Crippen molar-refractivity contribution in [1.29, 1.82) is 0 Å². The highest BCUT2D eigenvalue weighted by molar-refractivity contribution is 7.62. The van der Waals surface area contributed by atoms with E-state index in [0.717, 1.165) is 12.1 Å². The fourth-order valence-electron chi connectivity index (χ4n) is 0.895. The monoisotopic (exact) mass is 237 g/mol. The van der Waals surface area contributed by atoms with Gasteiger partial charge in [-0.2, -0.15) is 4.08 Å². The summed E-state index contributed by atoms with van der Waals surface area (Å²) < 4.78 is 15.0. The molecule has 0 saturated heterocycles. The molecule has 8 heteroatoms. The van der Waals surface area contributed by atoms with Gasteiger partial charge >= 0.3 is 7.60 Å². The first kappa shape index (κ1) is 11.1. The van der Waals surface area contributed by atoms with Crippen molar-refractivity contribution in [3.05, 3.63) is 34.4 Å². The summed E-state index contributed by atoms with van der Waals surface area (Å²) in [5.74, 6) is 0. The third kappa shape index (κ3) is 2.10. The molecule has 1 aromatic carbocycles. The number of nitro benzene ring substituents is 1. The van der Waals surface area contributed by atoms with Gasteiger partial charge in [0.25, 0.3) is 5.69 Å². The van der Waals surface area contributed by atoms with Crippen LogP contribution < -0.4 is 5.30 Å². The number of nitro groups is 1. The Kier molecular flexibility index (Phi) is 3.23. The van der Waals surface area contributed by atoms with Gasteiger partial charge < -0.3 is 4.89 Å². The lowest BCUT2D eigenvalue weighted by Crippen LogP contribution is -2.10. The molecule has 0 aliphatic heterocycles. The van der Waals surface area contributed by atoms with Crippen LogP contribution in [0.25, 0.3) is 0 Å². The molecule has 0 spiro atoms. The predicted octanol–water partition coefficient (Wildman–Crippen LogP) is 1.58. The number of hydrogen-bond acceptors (Lipinski definition) is 4. The zero-order chi connectivity index (χ0) is 10.8. The Morgan fingerprint density at radius 1 is 1.50 bits per heavy atom. The van der Waals surface area contributed by atoms with Crippen LogP contribution in [0.2, 0.25) is 0 Å². The Morgan fingerprint density at radius 3 is 2.57 bits per heavy atom. The standard InChI is InChI=1S/C6H5ClNO5P/c7-13-14(11,12)6-4-2-1-3-5(6)8(9)10/h1-4H,(H,11,12). The van der Waals surface area contributed by atoms with E-state index in [1.807, 2.05) is 0 Å². The first-order valence-corrected chi connectivity index (χ1v) is 5.25. The topological polar surface area (TPSA) is 89.7 Å². The van der Waals surface area contributed by atoms with Crippen LogP contribution in [0.15, 0.2) is 24.3 Å². The largest absolute Gasteiger partial charge is 0.381 e. The number of hydrogen-bond donors (Lipinski definition) is 1. The van der Waals surface area contributed by atoms with Crippen molar-refractivity contribution in [1.82, 2.24) is 0 Å². The summed E-state index contributed by atoms with van der Waals surface area (Å²) in [6, 6.07) is 4.95. The maximum atomic E-state index is 11.2. The molecular formula is C6H5ClNO5P. The van der Waals surface area contributed by atoms with Gasteiger partial charge in [-0.25, -0.2) is 0 Å². The Morgan fingerprint density at radius 2 is 2.07 bits per heavy atom. The Hall–Kier alpha value is -0.940. The molecule has 0 amide bonds. The van der Waals surface area contributed by atoms with Crippen LogP contribution in [0.4, 0.5) is 5.69 Å². The second kappa shape index (κ2) is 4.06. The van der Waals surface area contributed by atoms with Crippen molar-refractivity contribution < 1.29 is 18.5 Å². The quantitative estimate of drug-likeness (QED) is 0.490. The van der Waals surface area contributed by atoms with Crippen LogP contribution in [-0.4, -0.2) is 9.82 Å². The van der Waals surface area contributed by atoms with Gasteiger partial charge in [-0.05, 0) is 6.07 Å². The molecule has 1 unspecified atom stereocenters. The first-order valence-electron chi connectivity index (χ1n) is 3.36. The molecule has 0 aromatic heterocycles. The summed E-state index contributed by atoms with van der Waals surface area (Å²) in [6.07, 6.45) is 0. The minimum atomic E-state index is -4.29. The fourth-order valence-corrected chi connectivity index (χ4v) is 1.91. The van der Waals surface area contributed by atoms with E-state index in [-0.39, 0.29) is 0 Å². The van der Waals surface area contributed by atoms with Gasteiger partial charge in [0.05, 0.1) is 16.8 Å². The van der Waals surface area contributed by atoms with Crippen molar-refractivity contribution in [3.63, 3.8) is 0 Å². The van der Waals surface area contributed by atoms with E-state index in [4.69, 9.17) is 16.8 Å². The molecule has 6 nitrogen and oxygen atoms in total. The van der Waals surface area contributed by atoms with Crippen LogP contribution in [-0.2, 0) is 8.64 Å². The molecule has 1 atom stereocenters. The molecule has 0 heterocycles. The molecule has 0 fully saturated rings. The first-order chi connectivity index (χ1) is 6.49. The number of halogens is 1. The van der Waals surface area contributed by atoms with Crippen LogP contribution in [0.1, 0.15) is 0 Å². The van der Waals surface area contributed by atoms with E-state index < -0.39 is 23.5 Å². The minimum absolute atomic E-state index is 0.431. The second-order valence-corrected chi connectivity index (χ2v) is 4.41. The van der Waals surface area contributed by atoms with Crippen LogP contribution >= 0.6 is 19.5 Å². The van der Waals surface area contributed by atoms with E-state index >= 15 is 0 Å². The van der Waals surface area contributed by atoms with Gasteiger partial charge in [0.2, 0.25) is 0 Å². The summed E-state index contributed by atoms with van der Waals surface area (Å²) in [7, 11) is -4.29. The van der Waals surface area contributed by atoms with Gasteiger partial charge in [-0.3, -0.25) is 14.7 Å². The fraction of sp³-hybridized carbons (Fsp3) is 0. The van der Waals surface area contributed by atoms with Gasteiger partial charge in [-0.1, -0.05) is 12.1 Å². The normalized spacial score (nSPS) is 14.7. The van der Waals surface area contributed by atoms with Gasteiger partial charge in [0.1, 0.15) is 5.30 Å². The van der Waals surface area contributed by atoms with Crippen LogP contribution in [0.3, 0.4) is 0 Å². The zero-order valence-corrected chi connectivity index (χ0v) is 8.31. The lowest BCUT2D eigenvalue weighted by molar-refractivity contribution is -0.383. The molecular weight excluding hydrogens is 232 g/mol. The smallest absolute Gasteiger partial charge is 0.320 e. The summed E-state index contributed by atoms with van der Waals surface area (Å²) in [4.78, 5) is 18.8. The predicted molar refractivity (Wildman–Crippen MR) is 49.5 cm³/mol. The maximum Gasteiger partial charge on any atom is 0.381 e. The molecule has 1 rings (SSSR count). The highest BCUT2D eigenvalue weighted by atomic mass is 35.5. The summed E-state index contributed by atoms with van der Waals surface area (Å²) >= 11 is 4.77. The van der Waals surface area contributed by atoms with Crippen molar-refractivity contribution in [2.24, 2.45) is 0 Å². The lowest BCUT2D eigenvalue weighted by Gasteiger charge is -2.06. The zero-order valence-electron chi connectivity index (χ0n) is 6.66.